The van der Waals surface area contributed by atoms with Crippen LogP contribution in [-0.2, 0) is 10.2 Å². The summed E-state index contributed by atoms with van der Waals surface area (Å²) in [4.78, 5) is 12.3. The van der Waals surface area contributed by atoms with Crippen LogP contribution in [0.5, 0.6) is 5.75 Å². The molecule has 2 aliphatic rings. The molecule has 2 N–H and O–H groups in total. The molecule has 4 nitrogen and oxygen atoms in total. The molecule has 1 amide bonds. The molecule has 25 heavy (non-hydrogen) atoms. The first-order chi connectivity index (χ1) is 11.4. The average Bonchev–Trinajstić information content (AvgIpc) is 3.20. The van der Waals surface area contributed by atoms with E-state index in [0.717, 1.165) is 37.0 Å². The number of methoxy groups -OCH3 is 1. The molecule has 1 saturated heterocycles. The van der Waals surface area contributed by atoms with E-state index >= 15 is 0 Å². The van der Waals surface area contributed by atoms with Crippen LogP contribution < -0.4 is 15.4 Å². The van der Waals surface area contributed by atoms with E-state index in [0.29, 0.717) is 6.54 Å². The molecule has 1 aromatic rings. The Balaban J connectivity index is 0.00000225. The van der Waals surface area contributed by atoms with E-state index in [-0.39, 0.29) is 23.7 Å². The number of benzene rings is 1. The Morgan fingerprint density at radius 3 is 2.68 bits per heavy atom. The van der Waals surface area contributed by atoms with E-state index in [1.165, 1.54) is 0 Å². The van der Waals surface area contributed by atoms with Crippen molar-refractivity contribution >= 4 is 18.3 Å². The third kappa shape index (κ3) is 4.42. The minimum Gasteiger partial charge on any atom is -0.497 e. The molecule has 140 valence electrons. The van der Waals surface area contributed by atoms with E-state index < -0.39 is 24.9 Å². The van der Waals surface area contributed by atoms with Gasteiger partial charge >= 0.3 is 0 Å². The van der Waals surface area contributed by atoms with Gasteiger partial charge in [0.25, 0.3) is 5.92 Å². The molecule has 3 rings (SSSR count). The Kier molecular flexibility index (Phi) is 6.27. The van der Waals surface area contributed by atoms with E-state index in [1.807, 2.05) is 18.2 Å². The van der Waals surface area contributed by atoms with Crippen LogP contribution in [0.3, 0.4) is 0 Å². The van der Waals surface area contributed by atoms with Crippen LogP contribution >= 0.6 is 12.4 Å². The van der Waals surface area contributed by atoms with E-state index in [4.69, 9.17) is 4.74 Å². The van der Waals surface area contributed by atoms with Crippen molar-refractivity contribution in [3.63, 3.8) is 0 Å². The predicted octanol–water partition coefficient (Wildman–Crippen LogP) is 3.04. The van der Waals surface area contributed by atoms with Gasteiger partial charge in [-0.2, -0.15) is 0 Å². The lowest BCUT2D eigenvalue weighted by Crippen LogP contribution is -2.46. The maximum absolute atomic E-state index is 13.3. The lowest BCUT2D eigenvalue weighted by molar-refractivity contribution is -0.123. The minimum atomic E-state index is -2.79. The minimum absolute atomic E-state index is 0. The van der Waals surface area contributed by atoms with Gasteiger partial charge in [-0.15, -0.1) is 12.4 Å². The molecule has 2 fully saturated rings. The van der Waals surface area contributed by atoms with Crippen LogP contribution in [0.4, 0.5) is 8.78 Å². The molecule has 1 aliphatic heterocycles. The van der Waals surface area contributed by atoms with Gasteiger partial charge in [0.2, 0.25) is 5.91 Å². The standard InChI is InChI=1S/C18H24F2N2O2.ClH/c1-24-14-6-4-5-13(9-14)17(7-2-3-8-17)11-22-16(23)15-10-18(19,20)12-21-15;/h4-6,9,15,21H,2-3,7-8,10-12H2,1H3,(H,22,23);1H. The molecule has 1 aromatic carbocycles. The maximum atomic E-state index is 13.3. The molecule has 1 atom stereocenters. The van der Waals surface area contributed by atoms with Crippen LogP contribution in [0.25, 0.3) is 0 Å². The third-order valence-corrected chi connectivity index (χ3v) is 5.27. The summed E-state index contributed by atoms with van der Waals surface area (Å²) in [5.74, 6) is -2.33. The Morgan fingerprint density at radius 1 is 1.36 bits per heavy atom. The monoisotopic (exact) mass is 374 g/mol. The average molecular weight is 375 g/mol. The van der Waals surface area contributed by atoms with Crippen LogP contribution in [0.2, 0.25) is 0 Å². The van der Waals surface area contributed by atoms with Gasteiger partial charge in [-0.25, -0.2) is 8.78 Å². The number of carbonyl (C=O) groups excluding carboxylic acids is 1. The van der Waals surface area contributed by atoms with Crippen molar-refractivity contribution in [1.82, 2.24) is 10.6 Å². The summed E-state index contributed by atoms with van der Waals surface area (Å²) in [5, 5.41) is 5.52. The Bertz CT molecular complexity index is 606. The Hall–Kier alpha value is -1.40. The number of hydrogen-bond acceptors (Lipinski definition) is 3. The van der Waals surface area contributed by atoms with Crippen molar-refractivity contribution in [2.75, 3.05) is 20.2 Å². The molecular formula is C18H25ClF2N2O2. The fourth-order valence-corrected chi connectivity index (χ4v) is 3.85. The van der Waals surface area contributed by atoms with Crippen molar-refractivity contribution in [2.24, 2.45) is 0 Å². The van der Waals surface area contributed by atoms with Crippen LogP contribution in [-0.4, -0.2) is 38.1 Å². The highest BCUT2D eigenvalue weighted by atomic mass is 35.5. The topological polar surface area (TPSA) is 50.4 Å². The van der Waals surface area contributed by atoms with Crippen molar-refractivity contribution in [2.45, 2.75) is 49.5 Å². The summed E-state index contributed by atoms with van der Waals surface area (Å²) < 4.78 is 31.8. The number of alkyl halides is 2. The highest BCUT2D eigenvalue weighted by Crippen LogP contribution is 2.41. The van der Waals surface area contributed by atoms with Gasteiger partial charge < -0.3 is 10.1 Å². The molecule has 0 spiro atoms. The first kappa shape index (κ1) is 19.9. The molecule has 0 aromatic heterocycles. The number of rotatable bonds is 5. The summed E-state index contributed by atoms with van der Waals surface area (Å²) in [6.45, 7) is 0.0505. The predicted molar refractivity (Wildman–Crippen MR) is 94.8 cm³/mol. The van der Waals surface area contributed by atoms with Crippen molar-refractivity contribution < 1.29 is 18.3 Å². The lowest BCUT2D eigenvalue weighted by atomic mass is 9.78. The molecule has 1 unspecified atom stereocenters. The second kappa shape index (κ2) is 7.87. The number of nitrogens with one attached hydrogen (secondary N) is 2. The third-order valence-electron chi connectivity index (χ3n) is 5.27. The fourth-order valence-electron chi connectivity index (χ4n) is 3.85. The molecular weight excluding hydrogens is 350 g/mol. The zero-order chi connectivity index (χ0) is 17.2. The highest BCUT2D eigenvalue weighted by molar-refractivity contribution is 5.85. The zero-order valence-electron chi connectivity index (χ0n) is 14.3. The molecule has 1 heterocycles. The molecule has 7 heteroatoms. The summed E-state index contributed by atoms with van der Waals surface area (Å²) in [6, 6.07) is 7.12. The van der Waals surface area contributed by atoms with Crippen LogP contribution in [0.1, 0.15) is 37.7 Å². The summed E-state index contributed by atoms with van der Waals surface area (Å²) in [5.41, 5.74) is 1.01. The number of halogens is 3. The van der Waals surface area contributed by atoms with Gasteiger partial charge in [-0.3, -0.25) is 10.1 Å². The van der Waals surface area contributed by atoms with Gasteiger partial charge in [0.1, 0.15) is 5.75 Å². The zero-order valence-corrected chi connectivity index (χ0v) is 15.1. The lowest BCUT2D eigenvalue weighted by Gasteiger charge is -2.31. The van der Waals surface area contributed by atoms with Crippen LogP contribution in [0.15, 0.2) is 24.3 Å². The number of carbonyl (C=O) groups is 1. The van der Waals surface area contributed by atoms with Crippen molar-refractivity contribution in [1.29, 1.82) is 0 Å². The first-order valence-corrected chi connectivity index (χ1v) is 8.48. The van der Waals surface area contributed by atoms with Gasteiger partial charge in [0.05, 0.1) is 19.7 Å². The summed E-state index contributed by atoms with van der Waals surface area (Å²) in [7, 11) is 1.63. The van der Waals surface area contributed by atoms with Gasteiger partial charge in [0, 0.05) is 18.4 Å². The second-order valence-electron chi connectivity index (χ2n) is 6.93. The van der Waals surface area contributed by atoms with E-state index in [9.17, 15) is 13.6 Å². The fraction of sp³-hybridized carbons (Fsp3) is 0.611. The molecule has 1 aliphatic carbocycles. The Morgan fingerprint density at radius 2 is 2.08 bits per heavy atom. The quantitative estimate of drug-likeness (QED) is 0.832. The van der Waals surface area contributed by atoms with Crippen LogP contribution in [0, 0.1) is 0 Å². The van der Waals surface area contributed by atoms with Gasteiger partial charge in [0.15, 0.2) is 0 Å². The second-order valence-corrected chi connectivity index (χ2v) is 6.93. The first-order valence-electron chi connectivity index (χ1n) is 8.48. The largest absolute Gasteiger partial charge is 0.497 e. The van der Waals surface area contributed by atoms with E-state index in [2.05, 4.69) is 16.7 Å². The number of hydrogen-bond donors (Lipinski definition) is 2. The van der Waals surface area contributed by atoms with Crippen molar-refractivity contribution in [3.05, 3.63) is 29.8 Å². The smallest absolute Gasteiger partial charge is 0.262 e. The van der Waals surface area contributed by atoms with Crippen molar-refractivity contribution in [3.8, 4) is 5.75 Å². The maximum Gasteiger partial charge on any atom is 0.262 e. The SMILES string of the molecule is COc1cccc(C2(CNC(=O)C3CC(F)(F)CN3)CCCC2)c1.Cl. The summed E-state index contributed by atoms with van der Waals surface area (Å²) >= 11 is 0. The highest BCUT2D eigenvalue weighted by Gasteiger charge is 2.43. The number of ether oxygens (including phenoxy) is 1. The molecule has 0 bridgehead atoms. The normalized spacial score (nSPS) is 23.7. The Labute approximate surface area is 153 Å². The van der Waals surface area contributed by atoms with E-state index in [1.54, 1.807) is 7.11 Å². The number of amides is 1. The molecule has 1 saturated carbocycles. The summed E-state index contributed by atoms with van der Waals surface area (Å²) in [6.07, 6.45) is 3.74. The molecule has 0 radical (unpaired) electrons. The van der Waals surface area contributed by atoms with Gasteiger partial charge in [-0.05, 0) is 30.5 Å². The van der Waals surface area contributed by atoms with Gasteiger partial charge in [-0.1, -0.05) is 25.0 Å².